The fourth-order valence-electron chi connectivity index (χ4n) is 3.11. The Kier molecular flexibility index (Phi) is 10.3. The Balaban J connectivity index is 1.51. The van der Waals surface area contributed by atoms with Crippen LogP contribution in [0.25, 0.3) is 0 Å². The van der Waals surface area contributed by atoms with Gasteiger partial charge in [-0.1, -0.05) is 13.3 Å². The molecule has 0 bridgehead atoms. The highest BCUT2D eigenvalue weighted by molar-refractivity contribution is 5.96. The summed E-state index contributed by atoms with van der Waals surface area (Å²) in [6.07, 6.45) is 3.35. The lowest BCUT2D eigenvalue weighted by Crippen LogP contribution is -2.34. The van der Waals surface area contributed by atoms with Crippen LogP contribution in [0.3, 0.4) is 0 Å². The van der Waals surface area contributed by atoms with Crippen LogP contribution in [-0.2, 0) is 4.79 Å². The summed E-state index contributed by atoms with van der Waals surface area (Å²) >= 11 is 0. The number of halogens is 1. The zero-order chi connectivity index (χ0) is 27.3. The second-order valence-electron chi connectivity index (χ2n) is 8.01. The van der Waals surface area contributed by atoms with Crippen LogP contribution in [0, 0.1) is 5.82 Å². The molecule has 0 saturated carbocycles. The van der Waals surface area contributed by atoms with Gasteiger partial charge in [-0.3, -0.25) is 9.59 Å². The van der Waals surface area contributed by atoms with Gasteiger partial charge >= 0.3 is 5.97 Å². The van der Waals surface area contributed by atoms with Crippen LogP contribution < -0.4 is 25.0 Å². The Bertz CT molecular complexity index is 1280. The molecule has 198 valence electrons. The number of rotatable bonds is 12. The lowest BCUT2D eigenvalue weighted by Gasteiger charge is -2.10. The minimum absolute atomic E-state index is 0.213. The van der Waals surface area contributed by atoms with Crippen molar-refractivity contribution in [2.24, 2.45) is 5.10 Å². The molecule has 10 heteroatoms. The molecule has 0 unspecified atom stereocenters. The summed E-state index contributed by atoms with van der Waals surface area (Å²) in [5, 5.41) is 6.27. The number of ether oxygens (including phenoxy) is 3. The molecular weight excluding hydrogens is 493 g/mol. The second kappa shape index (κ2) is 14.1. The number of carbonyl (C=O) groups excluding carboxylic acids is 3. The first-order valence-corrected chi connectivity index (χ1v) is 11.9. The average Bonchev–Trinajstić information content (AvgIpc) is 2.93. The molecule has 38 heavy (non-hydrogen) atoms. The van der Waals surface area contributed by atoms with Gasteiger partial charge in [-0.05, 0) is 78.7 Å². The third-order valence-electron chi connectivity index (χ3n) is 5.17. The van der Waals surface area contributed by atoms with E-state index in [2.05, 4.69) is 22.8 Å². The molecule has 0 aromatic heterocycles. The number of hydrogen-bond donors (Lipinski definition) is 2. The van der Waals surface area contributed by atoms with E-state index in [1.54, 1.807) is 42.5 Å². The predicted octanol–water partition coefficient (Wildman–Crippen LogP) is 4.11. The summed E-state index contributed by atoms with van der Waals surface area (Å²) < 4.78 is 29.3. The first-order chi connectivity index (χ1) is 18.4. The number of nitrogens with zero attached hydrogens (tertiary/aromatic N) is 1. The minimum atomic E-state index is -0.559. The number of carbonyl (C=O) groups is 3. The molecule has 2 amide bonds. The van der Waals surface area contributed by atoms with Crippen LogP contribution in [-0.4, -0.2) is 44.3 Å². The second-order valence-corrected chi connectivity index (χ2v) is 8.01. The van der Waals surface area contributed by atoms with Gasteiger partial charge in [0.25, 0.3) is 11.8 Å². The lowest BCUT2D eigenvalue weighted by molar-refractivity contribution is -0.120. The molecule has 0 aliphatic heterocycles. The molecule has 3 rings (SSSR count). The monoisotopic (exact) mass is 521 g/mol. The van der Waals surface area contributed by atoms with Gasteiger partial charge in [-0.15, -0.1) is 0 Å². The molecule has 0 radical (unpaired) electrons. The molecule has 3 aromatic carbocycles. The van der Waals surface area contributed by atoms with Crippen molar-refractivity contribution in [1.82, 2.24) is 10.7 Å². The molecule has 0 atom stereocenters. The maximum Gasteiger partial charge on any atom is 0.343 e. The van der Waals surface area contributed by atoms with Crippen molar-refractivity contribution in [3.8, 4) is 17.2 Å². The summed E-state index contributed by atoms with van der Waals surface area (Å²) in [6.45, 7) is 2.37. The highest BCUT2D eigenvalue weighted by atomic mass is 19.1. The number of hydrazone groups is 1. The number of unbranched alkanes of at least 4 members (excludes halogenated alkanes) is 1. The van der Waals surface area contributed by atoms with Gasteiger partial charge in [-0.2, -0.15) is 5.10 Å². The quantitative estimate of drug-likeness (QED) is 0.122. The predicted molar refractivity (Wildman–Crippen MR) is 139 cm³/mol. The molecule has 9 nitrogen and oxygen atoms in total. The van der Waals surface area contributed by atoms with E-state index in [0.717, 1.165) is 25.0 Å². The maximum atomic E-state index is 12.9. The van der Waals surface area contributed by atoms with Crippen LogP contribution >= 0.6 is 0 Å². The highest BCUT2D eigenvalue weighted by Gasteiger charge is 2.13. The summed E-state index contributed by atoms with van der Waals surface area (Å²) in [7, 11) is 1.43. The van der Waals surface area contributed by atoms with Crippen LogP contribution in [0.1, 0.15) is 46.0 Å². The Hall–Kier alpha value is -4.73. The van der Waals surface area contributed by atoms with Crippen molar-refractivity contribution in [2.75, 3.05) is 20.3 Å². The average molecular weight is 522 g/mol. The van der Waals surface area contributed by atoms with E-state index in [-0.39, 0.29) is 17.9 Å². The van der Waals surface area contributed by atoms with Gasteiger partial charge in [0.1, 0.15) is 11.6 Å². The number of hydrogen-bond acceptors (Lipinski definition) is 7. The summed E-state index contributed by atoms with van der Waals surface area (Å²) in [6, 6.07) is 16.4. The van der Waals surface area contributed by atoms with E-state index in [1.807, 2.05) is 0 Å². The molecule has 0 fully saturated rings. The molecule has 0 aliphatic rings. The van der Waals surface area contributed by atoms with Gasteiger partial charge in [-0.25, -0.2) is 14.6 Å². The van der Waals surface area contributed by atoms with E-state index >= 15 is 0 Å². The van der Waals surface area contributed by atoms with Crippen molar-refractivity contribution in [3.63, 3.8) is 0 Å². The smallest absolute Gasteiger partial charge is 0.343 e. The molecular formula is C28H28FN3O6. The van der Waals surface area contributed by atoms with Gasteiger partial charge in [0.2, 0.25) is 0 Å². The first kappa shape index (κ1) is 27.9. The summed E-state index contributed by atoms with van der Waals surface area (Å²) in [4.78, 5) is 36.5. The highest BCUT2D eigenvalue weighted by Crippen LogP contribution is 2.28. The number of benzene rings is 3. The van der Waals surface area contributed by atoms with Gasteiger partial charge in [0.15, 0.2) is 11.5 Å². The van der Waals surface area contributed by atoms with Crippen molar-refractivity contribution in [2.45, 2.75) is 19.8 Å². The normalized spacial score (nSPS) is 10.6. The zero-order valence-corrected chi connectivity index (χ0v) is 21.0. The van der Waals surface area contributed by atoms with Crippen LogP contribution in [0.15, 0.2) is 71.8 Å². The van der Waals surface area contributed by atoms with E-state index in [0.29, 0.717) is 29.2 Å². The van der Waals surface area contributed by atoms with Gasteiger partial charge < -0.3 is 19.5 Å². The molecule has 0 spiro atoms. The first-order valence-electron chi connectivity index (χ1n) is 11.9. The fourth-order valence-corrected chi connectivity index (χ4v) is 3.11. The summed E-state index contributed by atoms with van der Waals surface area (Å²) in [5.74, 6) is -0.912. The van der Waals surface area contributed by atoms with Crippen molar-refractivity contribution in [3.05, 3.63) is 89.2 Å². The minimum Gasteiger partial charge on any atom is -0.494 e. The SMILES string of the molecule is CCCCOc1ccc(C(=O)Oc2ccc(/C=N/NC(=O)CNC(=O)c3ccc(F)cc3)cc2OC)cc1. The number of methoxy groups -OCH3 is 1. The van der Waals surface area contributed by atoms with Gasteiger partial charge in [0, 0.05) is 5.56 Å². The van der Waals surface area contributed by atoms with Crippen LogP contribution in [0.4, 0.5) is 4.39 Å². The largest absolute Gasteiger partial charge is 0.494 e. The van der Waals surface area contributed by atoms with E-state index in [4.69, 9.17) is 14.2 Å². The third kappa shape index (κ3) is 8.44. The van der Waals surface area contributed by atoms with Crippen molar-refractivity contribution >= 4 is 24.0 Å². The number of esters is 1. The number of amides is 2. The Labute approximate surface area is 219 Å². The molecule has 0 saturated heterocycles. The van der Waals surface area contributed by atoms with Crippen LogP contribution in [0.2, 0.25) is 0 Å². The third-order valence-corrected chi connectivity index (χ3v) is 5.17. The molecule has 3 aromatic rings. The topological polar surface area (TPSA) is 115 Å². The molecule has 0 aliphatic carbocycles. The van der Waals surface area contributed by atoms with Crippen molar-refractivity contribution < 1.29 is 33.0 Å². The number of nitrogens with one attached hydrogen (secondary N) is 2. The Morgan fingerprint density at radius 1 is 0.947 bits per heavy atom. The standard InChI is InChI=1S/C28H28FN3O6/c1-3-4-15-37-23-12-8-21(9-13-23)28(35)38-24-14-5-19(16-25(24)36-2)17-31-32-26(33)18-30-27(34)20-6-10-22(29)11-7-20/h5-14,16-17H,3-4,15,18H2,1-2H3,(H,30,34)(H,32,33)/b31-17+. The molecule has 0 heterocycles. The van der Waals surface area contributed by atoms with Gasteiger partial charge in [0.05, 0.1) is 32.0 Å². The van der Waals surface area contributed by atoms with E-state index < -0.39 is 23.6 Å². The Morgan fingerprint density at radius 3 is 2.34 bits per heavy atom. The summed E-state index contributed by atoms with van der Waals surface area (Å²) in [5.41, 5.74) is 3.44. The Morgan fingerprint density at radius 2 is 1.66 bits per heavy atom. The lowest BCUT2D eigenvalue weighted by atomic mass is 10.2. The maximum absolute atomic E-state index is 12.9. The fraction of sp³-hybridized carbons (Fsp3) is 0.214. The van der Waals surface area contributed by atoms with Crippen molar-refractivity contribution in [1.29, 1.82) is 0 Å². The van der Waals surface area contributed by atoms with E-state index in [9.17, 15) is 18.8 Å². The van der Waals surface area contributed by atoms with E-state index in [1.165, 1.54) is 25.5 Å². The molecule has 2 N–H and O–H groups in total. The van der Waals surface area contributed by atoms with Crippen LogP contribution in [0.5, 0.6) is 17.2 Å². The zero-order valence-electron chi connectivity index (χ0n) is 21.0.